The topological polar surface area (TPSA) is 89.8 Å². The molecule has 2 N–H and O–H groups in total. The van der Waals surface area contributed by atoms with Gasteiger partial charge in [0, 0.05) is 33.2 Å². The van der Waals surface area contributed by atoms with Crippen molar-refractivity contribution in [1.82, 2.24) is 10.9 Å². The van der Waals surface area contributed by atoms with Gasteiger partial charge in [0.15, 0.2) is 11.4 Å². The number of ether oxygens (including phenoxy) is 2. The molecule has 1 aliphatic heterocycles. The number of carbonyl (C=O) groups is 2. The fraction of sp³-hybridized carbons (Fsp3) is 0.538. The molecule has 1 aromatic rings. The maximum Gasteiger partial charge on any atom is 0.449 e. The second-order valence-electron chi connectivity index (χ2n) is 4.88. The molecule has 0 aromatic carbocycles. The van der Waals surface area contributed by atoms with E-state index in [1.54, 1.807) is 0 Å². The van der Waals surface area contributed by atoms with Crippen molar-refractivity contribution in [3.63, 3.8) is 0 Å². The van der Waals surface area contributed by atoms with E-state index in [-0.39, 0.29) is 0 Å². The predicted octanol–water partition coefficient (Wildman–Crippen LogP) is 1.26. The fourth-order valence-electron chi connectivity index (χ4n) is 2.13. The molecule has 1 fully saturated rings. The number of hydrogen-bond donors (Lipinski definition) is 2. The van der Waals surface area contributed by atoms with Gasteiger partial charge in [0.2, 0.25) is 5.76 Å². The van der Waals surface area contributed by atoms with Crippen molar-refractivity contribution < 1.29 is 36.7 Å². The van der Waals surface area contributed by atoms with Crippen LogP contribution in [0.4, 0.5) is 13.2 Å². The zero-order chi connectivity index (χ0) is 17.1. The van der Waals surface area contributed by atoms with Gasteiger partial charge in [-0.2, -0.15) is 13.2 Å². The quantitative estimate of drug-likeness (QED) is 0.811. The monoisotopic (exact) mass is 336 g/mol. The van der Waals surface area contributed by atoms with Crippen molar-refractivity contribution in [3.8, 4) is 0 Å². The van der Waals surface area contributed by atoms with Crippen LogP contribution in [0.15, 0.2) is 16.5 Å². The van der Waals surface area contributed by atoms with E-state index < -0.39 is 35.1 Å². The molecule has 2 amide bonds. The molecule has 0 saturated carbocycles. The molecule has 10 heteroatoms. The molecule has 1 aliphatic rings. The summed E-state index contributed by atoms with van der Waals surface area (Å²) >= 11 is 0. The van der Waals surface area contributed by atoms with Crippen LogP contribution >= 0.6 is 0 Å². The molecule has 2 rings (SSSR count). The molecule has 0 spiro atoms. The number of alkyl halides is 3. The van der Waals surface area contributed by atoms with E-state index in [2.05, 4.69) is 9.84 Å². The van der Waals surface area contributed by atoms with Crippen LogP contribution in [0.1, 0.15) is 29.2 Å². The first-order valence-corrected chi connectivity index (χ1v) is 6.69. The van der Waals surface area contributed by atoms with Crippen LogP contribution in [0.2, 0.25) is 0 Å². The molecule has 128 valence electrons. The van der Waals surface area contributed by atoms with Gasteiger partial charge >= 0.3 is 12.1 Å². The highest BCUT2D eigenvalue weighted by Gasteiger charge is 2.40. The van der Waals surface area contributed by atoms with Gasteiger partial charge in [-0.3, -0.25) is 20.4 Å². The van der Waals surface area contributed by atoms with Gasteiger partial charge in [0.1, 0.15) is 0 Å². The van der Waals surface area contributed by atoms with E-state index in [9.17, 15) is 22.8 Å². The number of furan rings is 1. The number of methoxy groups -OCH3 is 1. The summed E-state index contributed by atoms with van der Waals surface area (Å²) in [5, 5.41) is 0. The number of carbonyl (C=O) groups excluding carboxylic acids is 2. The summed E-state index contributed by atoms with van der Waals surface area (Å²) in [7, 11) is 1.36. The van der Waals surface area contributed by atoms with Gasteiger partial charge in [-0.25, -0.2) is 0 Å². The number of hydrogen-bond acceptors (Lipinski definition) is 5. The lowest BCUT2D eigenvalue weighted by Crippen LogP contribution is -2.56. The largest absolute Gasteiger partial charge is 0.449 e. The first kappa shape index (κ1) is 17.3. The number of rotatable bonds is 3. The molecule has 7 nitrogen and oxygen atoms in total. The number of nitrogens with one attached hydrogen (secondary N) is 2. The third-order valence-corrected chi connectivity index (χ3v) is 3.50. The Morgan fingerprint density at radius 1 is 1.22 bits per heavy atom. The summed E-state index contributed by atoms with van der Waals surface area (Å²) in [5.74, 6) is -3.49. The van der Waals surface area contributed by atoms with E-state index in [1.165, 1.54) is 7.11 Å². The molecule has 2 heterocycles. The minimum absolute atomic E-state index is 0.296. The molecule has 0 radical (unpaired) electrons. The van der Waals surface area contributed by atoms with Gasteiger partial charge in [0.05, 0.1) is 0 Å². The Kier molecular flexibility index (Phi) is 4.95. The Bertz CT molecular complexity index is 578. The minimum atomic E-state index is -4.69. The first-order chi connectivity index (χ1) is 10.8. The summed E-state index contributed by atoms with van der Waals surface area (Å²) in [5.41, 5.74) is 2.98. The van der Waals surface area contributed by atoms with E-state index >= 15 is 0 Å². The number of halogens is 3. The molecule has 0 bridgehead atoms. The Morgan fingerprint density at radius 3 is 2.39 bits per heavy atom. The Morgan fingerprint density at radius 2 is 1.87 bits per heavy atom. The van der Waals surface area contributed by atoms with Crippen LogP contribution in [0.25, 0.3) is 0 Å². The summed E-state index contributed by atoms with van der Waals surface area (Å²) < 4.78 is 51.9. The van der Waals surface area contributed by atoms with Crippen molar-refractivity contribution in [2.45, 2.75) is 24.6 Å². The lowest BCUT2D eigenvalue weighted by atomic mass is 9.93. The maximum atomic E-state index is 12.4. The highest BCUT2D eigenvalue weighted by Crippen LogP contribution is 2.30. The molecular weight excluding hydrogens is 321 g/mol. The highest BCUT2D eigenvalue weighted by molar-refractivity contribution is 5.94. The van der Waals surface area contributed by atoms with E-state index in [0.29, 0.717) is 32.1 Å². The van der Waals surface area contributed by atoms with Crippen molar-refractivity contribution in [2.24, 2.45) is 0 Å². The Labute approximate surface area is 129 Å². The minimum Gasteiger partial charge on any atom is -0.446 e. The Hall–Kier alpha value is -2.07. The van der Waals surface area contributed by atoms with Crippen LogP contribution in [-0.4, -0.2) is 37.7 Å². The van der Waals surface area contributed by atoms with E-state index in [4.69, 9.17) is 9.47 Å². The number of hydrazine groups is 1. The zero-order valence-corrected chi connectivity index (χ0v) is 12.2. The summed E-state index contributed by atoms with van der Waals surface area (Å²) in [6.07, 6.45) is -4.10. The highest BCUT2D eigenvalue weighted by atomic mass is 19.4. The van der Waals surface area contributed by atoms with Gasteiger partial charge in [0.25, 0.3) is 5.91 Å². The molecule has 23 heavy (non-hydrogen) atoms. The van der Waals surface area contributed by atoms with Crippen molar-refractivity contribution >= 4 is 11.8 Å². The first-order valence-electron chi connectivity index (χ1n) is 6.69. The summed E-state index contributed by atoms with van der Waals surface area (Å²) in [6, 6.07) is 1.50. The second kappa shape index (κ2) is 6.59. The van der Waals surface area contributed by atoms with Gasteiger partial charge in [-0.15, -0.1) is 0 Å². The van der Waals surface area contributed by atoms with Crippen molar-refractivity contribution in [3.05, 3.63) is 23.7 Å². The van der Waals surface area contributed by atoms with Crippen LogP contribution < -0.4 is 10.9 Å². The summed E-state index contributed by atoms with van der Waals surface area (Å²) in [4.78, 5) is 23.8. The van der Waals surface area contributed by atoms with Crippen molar-refractivity contribution in [2.75, 3.05) is 20.3 Å². The summed E-state index contributed by atoms with van der Waals surface area (Å²) in [6.45, 7) is 0.644. The Balaban J connectivity index is 1.96. The average Bonchev–Trinajstić information content (AvgIpc) is 3.03. The molecule has 1 aromatic heterocycles. The van der Waals surface area contributed by atoms with Gasteiger partial charge in [-0.1, -0.05) is 0 Å². The van der Waals surface area contributed by atoms with E-state index in [1.807, 2.05) is 5.43 Å². The molecular formula is C13H15F3N2O5. The fourth-order valence-corrected chi connectivity index (χ4v) is 2.13. The predicted molar refractivity (Wildman–Crippen MR) is 69.1 cm³/mol. The van der Waals surface area contributed by atoms with Gasteiger partial charge < -0.3 is 13.9 Å². The van der Waals surface area contributed by atoms with Crippen LogP contribution in [-0.2, 0) is 20.4 Å². The maximum absolute atomic E-state index is 12.4. The SMILES string of the molecule is COC1(C(=O)NNC(=O)c2ccc(C(F)(F)F)o2)CCOCC1. The van der Waals surface area contributed by atoms with E-state index in [0.717, 1.165) is 6.07 Å². The zero-order valence-electron chi connectivity index (χ0n) is 12.2. The second-order valence-corrected chi connectivity index (χ2v) is 4.88. The molecule has 0 aliphatic carbocycles. The van der Waals surface area contributed by atoms with Crippen LogP contribution in [0.5, 0.6) is 0 Å². The normalized spacial score (nSPS) is 17.6. The standard InChI is InChI=1S/C13H15F3N2O5/c1-21-12(4-6-22-7-5-12)11(20)18-17-10(19)8-2-3-9(23-8)13(14,15)16/h2-3H,4-7H2,1H3,(H,17,19)(H,18,20). The molecule has 0 atom stereocenters. The molecule has 0 unspecified atom stereocenters. The average molecular weight is 336 g/mol. The number of amides is 2. The van der Waals surface area contributed by atoms with Gasteiger partial charge in [-0.05, 0) is 12.1 Å². The third-order valence-electron chi connectivity index (χ3n) is 3.50. The smallest absolute Gasteiger partial charge is 0.446 e. The van der Waals surface area contributed by atoms with Crippen LogP contribution in [0.3, 0.4) is 0 Å². The third kappa shape index (κ3) is 3.82. The lowest BCUT2D eigenvalue weighted by molar-refractivity contribution is -0.156. The lowest BCUT2D eigenvalue weighted by Gasteiger charge is -2.34. The van der Waals surface area contributed by atoms with Crippen LogP contribution in [0, 0.1) is 0 Å². The van der Waals surface area contributed by atoms with Crippen molar-refractivity contribution in [1.29, 1.82) is 0 Å². The molecule has 1 saturated heterocycles.